The molecule has 0 spiro atoms. The van der Waals surface area contributed by atoms with Gasteiger partial charge in [0.1, 0.15) is 5.75 Å². The number of ether oxygens (including phenoxy) is 1. The molecular formula is C15H17F3N2O4. The minimum atomic E-state index is -4.79. The Kier molecular flexibility index (Phi) is 5.33. The van der Waals surface area contributed by atoms with Crippen molar-refractivity contribution in [2.24, 2.45) is 0 Å². The summed E-state index contributed by atoms with van der Waals surface area (Å²) in [5, 5.41) is 11.4. The third-order valence-electron chi connectivity index (χ3n) is 3.40. The molecule has 1 unspecified atom stereocenters. The topological polar surface area (TPSA) is 78.9 Å². The molecule has 0 aliphatic carbocycles. The van der Waals surface area contributed by atoms with Crippen molar-refractivity contribution >= 4 is 17.5 Å². The lowest BCUT2D eigenvalue weighted by atomic mass is 10.0. The summed E-state index contributed by atoms with van der Waals surface area (Å²) in [6.07, 6.45) is -4.60. The highest BCUT2D eigenvalue weighted by Crippen LogP contribution is 2.32. The van der Waals surface area contributed by atoms with Gasteiger partial charge in [0.05, 0.1) is 6.10 Å². The smallest absolute Gasteiger partial charge is 0.406 e. The average molecular weight is 346 g/mol. The van der Waals surface area contributed by atoms with Gasteiger partial charge in [-0.25, -0.2) is 0 Å². The lowest BCUT2D eigenvalue weighted by Gasteiger charge is -2.29. The summed E-state index contributed by atoms with van der Waals surface area (Å²) < 4.78 is 40.7. The first kappa shape index (κ1) is 18.1. The lowest BCUT2D eigenvalue weighted by molar-refractivity contribution is -0.274. The number of carbonyl (C=O) groups excluding carboxylic acids is 2. The van der Waals surface area contributed by atoms with Crippen molar-refractivity contribution in [3.05, 3.63) is 23.8 Å². The molecule has 0 saturated carbocycles. The molecule has 24 heavy (non-hydrogen) atoms. The van der Waals surface area contributed by atoms with Gasteiger partial charge in [-0.1, -0.05) is 0 Å². The normalized spacial score (nSPS) is 15.5. The van der Waals surface area contributed by atoms with Crippen molar-refractivity contribution < 1.29 is 32.6 Å². The maximum atomic E-state index is 12.3. The zero-order valence-corrected chi connectivity index (χ0v) is 12.9. The van der Waals surface area contributed by atoms with Crippen LogP contribution in [-0.4, -0.2) is 42.5 Å². The van der Waals surface area contributed by atoms with Gasteiger partial charge in [0, 0.05) is 18.8 Å². The van der Waals surface area contributed by atoms with E-state index in [0.717, 1.165) is 6.07 Å². The van der Waals surface area contributed by atoms with Crippen LogP contribution in [0.25, 0.3) is 0 Å². The SMILES string of the molecule is CC(O)CNC(=O)C(=O)N1CCCc2cc(OC(F)(F)F)ccc21. The van der Waals surface area contributed by atoms with Gasteiger partial charge in [0.25, 0.3) is 0 Å². The summed E-state index contributed by atoms with van der Waals surface area (Å²) in [4.78, 5) is 25.2. The molecule has 1 aliphatic rings. The summed E-state index contributed by atoms with van der Waals surface area (Å²) in [6, 6.07) is 3.65. The number of carbonyl (C=O) groups is 2. The van der Waals surface area contributed by atoms with E-state index < -0.39 is 24.3 Å². The van der Waals surface area contributed by atoms with Crippen molar-refractivity contribution in [2.75, 3.05) is 18.0 Å². The molecule has 2 N–H and O–H groups in total. The Morgan fingerprint density at radius 3 is 2.75 bits per heavy atom. The summed E-state index contributed by atoms with van der Waals surface area (Å²) >= 11 is 0. The van der Waals surface area contributed by atoms with E-state index in [9.17, 15) is 22.8 Å². The fraction of sp³-hybridized carbons (Fsp3) is 0.467. The third kappa shape index (κ3) is 4.60. The fourth-order valence-electron chi connectivity index (χ4n) is 2.42. The van der Waals surface area contributed by atoms with Gasteiger partial charge >= 0.3 is 18.2 Å². The Hall–Kier alpha value is -2.29. The molecule has 0 aromatic heterocycles. The van der Waals surface area contributed by atoms with Crippen molar-refractivity contribution in [1.29, 1.82) is 0 Å². The van der Waals surface area contributed by atoms with Crippen LogP contribution in [0.15, 0.2) is 18.2 Å². The number of alkyl halides is 3. The first-order chi connectivity index (χ1) is 11.2. The van der Waals surface area contributed by atoms with Crippen LogP contribution in [0.3, 0.4) is 0 Å². The Morgan fingerprint density at radius 2 is 2.12 bits per heavy atom. The molecule has 1 atom stereocenters. The number of rotatable bonds is 3. The monoisotopic (exact) mass is 346 g/mol. The van der Waals surface area contributed by atoms with Gasteiger partial charge in [-0.2, -0.15) is 0 Å². The van der Waals surface area contributed by atoms with Gasteiger partial charge in [-0.15, -0.1) is 13.2 Å². The molecule has 0 saturated heterocycles. The van der Waals surface area contributed by atoms with E-state index in [-0.39, 0.29) is 18.8 Å². The standard InChI is InChI=1S/C15H17F3N2O4/c1-9(21)8-19-13(22)14(23)20-6-2-3-10-7-11(4-5-12(10)20)24-15(16,17)18/h4-5,7,9,21H,2-3,6,8H2,1H3,(H,19,22). The van der Waals surface area contributed by atoms with E-state index in [4.69, 9.17) is 5.11 Å². The number of hydrogen-bond acceptors (Lipinski definition) is 4. The van der Waals surface area contributed by atoms with Gasteiger partial charge in [0.2, 0.25) is 0 Å². The highest BCUT2D eigenvalue weighted by Gasteiger charge is 2.32. The van der Waals surface area contributed by atoms with E-state index in [1.54, 1.807) is 0 Å². The minimum absolute atomic E-state index is 0.0658. The summed E-state index contributed by atoms with van der Waals surface area (Å²) in [5.74, 6) is -2.06. The van der Waals surface area contributed by atoms with Crippen LogP contribution in [0, 0.1) is 0 Å². The van der Waals surface area contributed by atoms with Crippen LogP contribution >= 0.6 is 0 Å². The number of nitrogens with zero attached hydrogens (tertiary/aromatic N) is 1. The number of aliphatic hydroxyl groups is 1. The number of nitrogens with one attached hydrogen (secondary N) is 1. The van der Waals surface area contributed by atoms with E-state index in [1.165, 1.54) is 24.0 Å². The molecule has 1 heterocycles. The molecule has 1 aromatic rings. The number of amides is 2. The van der Waals surface area contributed by atoms with Crippen LogP contribution in [0.2, 0.25) is 0 Å². The highest BCUT2D eigenvalue weighted by molar-refractivity contribution is 6.40. The van der Waals surface area contributed by atoms with Crippen molar-refractivity contribution in [3.8, 4) is 5.75 Å². The van der Waals surface area contributed by atoms with Gasteiger partial charge in [0.15, 0.2) is 0 Å². The molecule has 6 nitrogen and oxygen atoms in total. The van der Waals surface area contributed by atoms with E-state index in [1.807, 2.05) is 0 Å². The molecule has 2 amide bonds. The molecule has 2 rings (SSSR count). The lowest BCUT2D eigenvalue weighted by Crippen LogP contribution is -2.46. The maximum absolute atomic E-state index is 12.3. The van der Waals surface area contributed by atoms with Gasteiger partial charge < -0.3 is 20.1 Å². The molecule has 9 heteroatoms. The van der Waals surface area contributed by atoms with E-state index in [2.05, 4.69) is 10.1 Å². The second-order valence-electron chi connectivity index (χ2n) is 5.46. The minimum Gasteiger partial charge on any atom is -0.406 e. The fourth-order valence-corrected chi connectivity index (χ4v) is 2.42. The Bertz CT molecular complexity index is 632. The molecule has 0 bridgehead atoms. The second kappa shape index (κ2) is 7.08. The largest absolute Gasteiger partial charge is 0.573 e. The third-order valence-corrected chi connectivity index (χ3v) is 3.40. The Labute approximate surface area is 136 Å². The summed E-state index contributed by atoms with van der Waals surface area (Å²) in [7, 11) is 0. The van der Waals surface area contributed by atoms with Crippen LogP contribution < -0.4 is 15.0 Å². The predicted octanol–water partition coefficient (Wildman–Crippen LogP) is 1.36. The molecule has 0 radical (unpaired) electrons. The van der Waals surface area contributed by atoms with Crippen LogP contribution in [-0.2, 0) is 16.0 Å². The van der Waals surface area contributed by atoms with E-state index in [0.29, 0.717) is 24.1 Å². The Morgan fingerprint density at radius 1 is 1.42 bits per heavy atom. The Balaban J connectivity index is 2.16. The van der Waals surface area contributed by atoms with Crippen LogP contribution in [0.1, 0.15) is 18.9 Å². The number of benzene rings is 1. The van der Waals surface area contributed by atoms with Crippen molar-refractivity contribution in [1.82, 2.24) is 5.32 Å². The van der Waals surface area contributed by atoms with Crippen molar-refractivity contribution in [3.63, 3.8) is 0 Å². The quantitative estimate of drug-likeness (QED) is 0.810. The maximum Gasteiger partial charge on any atom is 0.573 e. The number of fused-ring (bicyclic) bond motifs is 1. The zero-order chi connectivity index (χ0) is 17.9. The van der Waals surface area contributed by atoms with Gasteiger partial charge in [-0.3, -0.25) is 9.59 Å². The highest BCUT2D eigenvalue weighted by atomic mass is 19.4. The molecule has 132 valence electrons. The second-order valence-corrected chi connectivity index (χ2v) is 5.46. The number of aliphatic hydroxyl groups excluding tert-OH is 1. The number of halogens is 3. The molecule has 1 aliphatic heterocycles. The zero-order valence-electron chi connectivity index (χ0n) is 12.9. The molecule has 0 fully saturated rings. The first-order valence-corrected chi connectivity index (χ1v) is 7.34. The number of hydrogen-bond donors (Lipinski definition) is 2. The van der Waals surface area contributed by atoms with E-state index >= 15 is 0 Å². The summed E-state index contributed by atoms with van der Waals surface area (Å²) in [6.45, 7) is 1.68. The van der Waals surface area contributed by atoms with Crippen molar-refractivity contribution in [2.45, 2.75) is 32.2 Å². The van der Waals surface area contributed by atoms with Crippen LogP contribution in [0.4, 0.5) is 18.9 Å². The number of aryl methyl sites for hydroxylation is 1. The average Bonchev–Trinajstić information content (AvgIpc) is 2.49. The predicted molar refractivity (Wildman–Crippen MR) is 78.5 cm³/mol. The van der Waals surface area contributed by atoms with Gasteiger partial charge in [-0.05, 0) is 43.5 Å². The number of anilines is 1. The van der Waals surface area contributed by atoms with Crippen LogP contribution in [0.5, 0.6) is 5.75 Å². The summed E-state index contributed by atoms with van der Waals surface area (Å²) in [5.41, 5.74) is 0.882. The first-order valence-electron chi connectivity index (χ1n) is 7.34. The molecule has 1 aromatic carbocycles. The molecular weight excluding hydrogens is 329 g/mol.